The minimum absolute atomic E-state index is 0.200. The van der Waals surface area contributed by atoms with Crippen molar-refractivity contribution in [3.8, 4) is 0 Å². The van der Waals surface area contributed by atoms with E-state index in [9.17, 15) is 5.11 Å². The third-order valence-electron chi connectivity index (χ3n) is 2.89. The molecule has 0 amide bonds. The van der Waals surface area contributed by atoms with Gasteiger partial charge >= 0.3 is 0 Å². The first-order valence-corrected chi connectivity index (χ1v) is 5.85. The lowest BCUT2D eigenvalue weighted by Gasteiger charge is -2.22. The summed E-state index contributed by atoms with van der Waals surface area (Å²) in [6.45, 7) is 4.04. The molecule has 1 aliphatic rings. The molecule has 1 unspecified atom stereocenters. The van der Waals surface area contributed by atoms with Gasteiger partial charge in [-0.05, 0) is 31.6 Å². The van der Waals surface area contributed by atoms with Crippen LogP contribution in [0.25, 0.3) is 0 Å². The van der Waals surface area contributed by atoms with Crippen molar-refractivity contribution in [1.29, 1.82) is 0 Å². The molecular formula is C12H19N3O. The fourth-order valence-electron chi connectivity index (χ4n) is 2.06. The quantitative estimate of drug-likeness (QED) is 0.767. The Hall–Kier alpha value is -0.970. The molecule has 1 saturated heterocycles. The fraction of sp³-hybridized carbons (Fsp3) is 0.583. The van der Waals surface area contributed by atoms with Crippen LogP contribution in [0.3, 0.4) is 0 Å². The van der Waals surface area contributed by atoms with E-state index in [4.69, 9.17) is 0 Å². The highest BCUT2D eigenvalue weighted by atomic mass is 16.3. The van der Waals surface area contributed by atoms with Crippen molar-refractivity contribution in [2.45, 2.75) is 19.0 Å². The summed E-state index contributed by atoms with van der Waals surface area (Å²) in [7, 11) is 0. The van der Waals surface area contributed by atoms with E-state index in [1.54, 1.807) is 0 Å². The van der Waals surface area contributed by atoms with Crippen LogP contribution in [0.2, 0.25) is 0 Å². The predicted octanol–water partition coefficient (Wildman–Crippen LogP) is 0.238. The maximum Gasteiger partial charge on any atom is 0.0597 e. The molecule has 4 heteroatoms. The molecule has 1 fully saturated rings. The van der Waals surface area contributed by atoms with Crippen molar-refractivity contribution in [3.05, 3.63) is 30.1 Å². The summed E-state index contributed by atoms with van der Waals surface area (Å²) in [5.74, 6) is 0. The van der Waals surface area contributed by atoms with Crippen molar-refractivity contribution in [2.24, 2.45) is 0 Å². The van der Waals surface area contributed by atoms with Gasteiger partial charge in [-0.25, -0.2) is 0 Å². The average molecular weight is 221 g/mol. The Labute approximate surface area is 96.3 Å². The maximum atomic E-state index is 9.20. The fourth-order valence-corrected chi connectivity index (χ4v) is 2.06. The van der Waals surface area contributed by atoms with Gasteiger partial charge in [-0.3, -0.25) is 9.88 Å². The minimum Gasteiger partial charge on any atom is -0.395 e. The lowest BCUT2D eigenvalue weighted by molar-refractivity contribution is 0.195. The van der Waals surface area contributed by atoms with E-state index in [2.05, 4.69) is 15.2 Å². The number of nitrogens with one attached hydrogen (secondary N) is 1. The minimum atomic E-state index is 0.200. The third kappa shape index (κ3) is 3.27. The second-order valence-electron chi connectivity index (χ2n) is 4.24. The molecular weight excluding hydrogens is 202 g/mol. The second-order valence-corrected chi connectivity index (χ2v) is 4.24. The number of rotatable bonds is 3. The number of aliphatic hydroxyl groups is 1. The van der Waals surface area contributed by atoms with E-state index in [1.807, 2.05) is 24.4 Å². The number of aromatic nitrogens is 1. The summed E-state index contributed by atoms with van der Waals surface area (Å²) in [4.78, 5) is 6.68. The first-order valence-electron chi connectivity index (χ1n) is 5.85. The van der Waals surface area contributed by atoms with E-state index in [0.29, 0.717) is 0 Å². The Bertz CT molecular complexity index is 304. The van der Waals surface area contributed by atoms with Gasteiger partial charge in [0, 0.05) is 25.3 Å². The molecule has 0 spiro atoms. The second kappa shape index (κ2) is 5.94. The molecule has 1 aromatic heterocycles. The molecule has 2 rings (SSSR count). The van der Waals surface area contributed by atoms with Crippen LogP contribution in [-0.2, 0) is 6.54 Å². The van der Waals surface area contributed by atoms with Gasteiger partial charge < -0.3 is 10.4 Å². The van der Waals surface area contributed by atoms with Crippen LogP contribution in [0, 0.1) is 0 Å². The molecule has 1 atom stereocenters. The highest BCUT2D eigenvalue weighted by Crippen LogP contribution is 2.05. The van der Waals surface area contributed by atoms with E-state index in [1.165, 1.54) is 0 Å². The number of hydrogen-bond donors (Lipinski definition) is 2. The summed E-state index contributed by atoms with van der Waals surface area (Å²) in [6, 6.07) is 6.20. The molecule has 2 N–H and O–H groups in total. The Morgan fingerprint density at radius 3 is 3.19 bits per heavy atom. The lowest BCUT2D eigenvalue weighted by Crippen LogP contribution is -2.40. The van der Waals surface area contributed by atoms with Gasteiger partial charge in [0.05, 0.1) is 12.3 Å². The lowest BCUT2D eigenvalue weighted by atomic mass is 10.2. The predicted molar refractivity (Wildman–Crippen MR) is 63.0 cm³/mol. The van der Waals surface area contributed by atoms with Gasteiger partial charge in [-0.1, -0.05) is 6.07 Å². The Kier molecular flexibility index (Phi) is 4.27. The van der Waals surface area contributed by atoms with E-state index < -0.39 is 0 Å². The monoisotopic (exact) mass is 221 g/mol. The molecule has 1 aliphatic heterocycles. The number of pyridine rings is 1. The number of nitrogens with zero attached hydrogens (tertiary/aromatic N) is 2. The third-order valence-corrected chi connectivity index (χ3v) is 2.89. The largest absolute Gasteiger partial charge is 0.395 e. The Morgan fingerprint density at radius 2 is 2.44 bits per heavy atom. The van der Waals surface area contributed by atoms with Gasteiger partial charge in [0.25, 0.3) is 0 Å². The molecule has 4 nitrogen and oxygen atoms in total. The van der Waals surface area contributed by atoms with Gasteiger partial charge in [0.1, 0.15) is 0 Å². The highest BCUT2D eigenvalue weighted by molar-refractivity contribution is 5.03. The molecule has 0 bridgehead atoms. The number of hydrogen-bond acceptors (Lipinski definition) is 4. The molecule has 0 radical (unpaired) electrons. The highest BCUT2D eigenvalue weighted by Gasteiger charge is 2.16. The van der Waals surface area contributed by atoms with Crippen LogP contribution in [-0.4, -0.2) is 47.3 Å². The van der Waals surface area contributed by atoms with E-state index in [-0.39, 0.29) is 12.6 Å². The first kappa shape index (κ1) is 11.5. The van der Waals surface area contributed by atoms with Crippen LogP contribution in [0.1, 0.15) is 12.1 Å². The molecule has 16 heavy (non-hydrogen) atoms. The van der Waals surface area contributed by atoms with Gasteiger partial charge in [0.2, 0.25) is 0 Å². The number of aliphatic hydroxyl groups excluding tert-OH is 1. The molecule has 1 aromatic rings. The molecule has 0 aliphatic carbocycles. The summed E-state index contributed by atoms with van der Waals surface area (Å²) in [5, 5.41) is 12.5. The summed E-state index contributed by atoms with van der Waals surface area (Å²) in [5.41, 5.74) is 1.10. The van der Waals surface area contributed by atoms with Crippen molar-refractivity contribution in [1.82, 2.24) is 15.2 Å². The average Bonchev–Trinajstić information content (AvgIpc) is 2.55. The molecule has 88 valence electrons. The molecule has 0 aromatic carbocycles. The summed E-state index contributed by atoms with van der Waals surface area (Å²) < 4.78 is 0. The smallest absolute Gasteiger partial charge is 0.0597 e. The summed E-state index contributed by atoms with van der Waals surface area (Å²) >= 11 is 0. The van der Waals surface area contributed by atoms with Crippen molar-refractivity contribution in [3.63, 3.8) is 0 Å². The normalized spacial score (nSPS) is 22.9. The van der Waals surface area contributed by atoms with Crippen LogP contribution in [0.5, 0.6) is 0 Å². The zero-order valence-electron chi connectivity index (χ0n) is 9.47. The van der Waals surface area contributed by atoms with Crippen molar-refractivity contribution >= 4 is 0 Å². The van der Waals surface area contributed by atoms with Crippen LogP contribution in [0.15, 0.2) is 24.4 Å². The summed E-state index contributed by atoms with van der Waals surface area (Å²) in [6.07, 6.45) is 2.96. The van der Waals surface area contributed by atoms with Crippen LogP contribution < -0.4 is 5.32 Å². The first-order chi connectivity index (χ1) is 7.88. The van der Waals surface area contributed by atoms with Gasteiger partial charge in [0.15, 0.2) is 0 Å². The SMILES string of the molecule is OCC1CN(Cc2ccccn2)CCCN1. The Balaban J connectivity index is 1.93. The zero-order valence-corrected chi connectivity index (χ0v) is 9.47. The zero-order chi connectivity index (χ0) is 11.2. The van der Waals surface area contributed by atoms with Gasteiger partial charge in [-0.15, -0.1) is 0 Å². The van der Waals surface area contributed by atoms with Gasteiger partial charge in [-0.2, -0.15) is 0 Å². The van der Waals surface area contributed by atoms with Crippen molar-refractivity contribution < 1.29 is 5.11 Å². The van der Waals surface area contributed by atoms with Crippen LogP contribution in [0.4, 0.5) is 0 Å². The topological polar surface area (TPSA) is 48.4 Å². The molecule has 2 heterocycles. The maximum absolute atomic E-state index is 9.20. The van der Waals surface area contributed by atoms with Crippen LogP contribution >= 0.6 is 0 Å². The van der Waals surface area contributed by atoms with E-state index in [0.717, 1.165) is 38.3 Å². The van der Waals surface area contributed by atoms with Crippen molar-refractivity contribution in [2.75, 3.05) is 26.2 Å². The Morgan fingerprint density at radius 1 is 1.50 bits per heavy atom. The molecule has 0 saturated carbocycles. The van der Waals surface area contributed by atoms with E-state index >= 15 is 0 Å². The standard InChI is InChI=1S/C12H19N3O/c16-10-12-9-15(7-3-6-14-12)8-11-4-1-2-5-13-11/h1-2,4-5,12,14,16H,3,6-10H2.